The molecule has 10 nitrogen and oxygen atoms in total. The Hall–Kier alpha value is -4.57. The highest BCUT2D eigenvalue weighted by Gasteiger charge is 2.65. The van der Waals surface area contributed by atoms with E-state index < -0.39 is 40.7 Å². The van der Waals surface area contributed by atoms with Crippen molar-refractivity contribution in [1.29, 1.82) is 0 Å². The molecule has 0 radical (unpaired) electrons. The zero-order chi connectivity index (χ0) is 26.7. The smallest absolute Gasteiger partial charge is 0.271 e. The van der Waals surface area contributed by atoms with E-state index in [0.717, 1.165) is 22.1 Å². The average Bonchev–Trinajstić information content (AvgIpc) is 3.40. The lowest BCUT2D eigenvalue weighted by Crippen LogP contribution is -2.44. The number of non-ortho nitro benzene ring substituents is 1. The van der Waals surface area contributed by atoms with Crippen molar-refractivity contribution < 1.29 is 24.0 Å². The van der Waals surface area contributed by atoms with Gasteiger partial charge in [-0.3, -0.25) is 29.5 Å². The number of nitro groups is 1. The lowest BCUT2D eigenvalue weighted by Gasteiger charge is -2.33. The molecule has 0 aliphatic carbocycles. The Balaban J connectivity index is 1.51. The Morgan fingerprint density at radius 3 is 2.45 bits per heavy atom. The van der Waals surface area contributed by atoms with Crippen LogP contribution in [0.25, 0.3) is 0 Å². The molecule has 3 aromatic rings. The number of amides is 2. The zero-order valence-corrected chi connectivity index (χ0v) is 20.6. The number of carbonyl (C=O) groups is 3. The molecule has 3 aromatic carbocycles. The standard InChI is InChI=1S/C27H19ClN4O6/c1-38-20-11-10-17(32(36)37)12-19(20)30-26(34)21-22(27(30)35)24(25(33)14-6-8-16(28)9-7-14)31-23(21)18-5-3-2-4-15(18)13-29-31/h2-13,21-24H,1H3/t21-,22+,23-,24-/m0/s1. The fraction of sp³-hybridized carbons (Fsp3) is 0.185. The molecule has 2 fully saturated rings. The van der Waals surface area contributed by atoms with Crippen molar-refractivity contribution in [2.75, 3.05) is 12.0 Å². The SMILES string of the molecule is COc1ccc([N+](=O)[O-])cc1N1C(=O)[C@@H]2[C@H](C1=O)[C@@H]1c3ccccc3C=NN1[C@@H]2C(=O)c1ccc(Cl)cc1. The van der Waals surface area contributed by atoms with Gasteiger partial charge in [-0.15, -0.1) is 0 Å². The number of Topliss-reactive ketones (excluding diaryl/α,β-unsaturated/α-hetero) is 1. The number of benzene rings is 3. The Kier molecular flexibility index (Phi) is 5.50. The van der Waals surface area contributed by atoms with Crippen LogP contribution in [-0.2, 0) is 9.59 Å². The number of nitrogens with zero attached hydrogens (tertiary/aromatic N) is 4. The number of ether oxygens (including phenoxy) is 1. The Morgan fingerprint density at radius 1 is 1.03 bits per heavy atom. The number of methoxy groups -OCH3 is 1. The largest absolute Gasteiger partial charge is 0.495 e. The first kappa shape index (κ1) is 23.8. The van der Waals surface area contributed by atoms with Crippen molar-refractivity contribution in [2.24, 2.45) is 16.9 Å². The predicted molar refractivity (Wildman–Crippen MR) is 137 cm³/mol. The van der Waals surface area contributed by atoms with E-state index in [2.05, 4.69) is 5.10 Å². The summed E-state index contributed by atoms with van der Waals surface area (Å²) >= 11 is 6.01. The van der Waals surface area contributed by atoms with Gasteiger partial charge in [0.15, 0.2) is 5.78 Å². The van der Waals surface area contributed by atoms with Crippen LogP contribution in [0.5, 0.6) is 5.75 Å². The number of hydrogen-bond donors (Lipinski definition) is 0. The summed E-state index contributed by atoms with van der Waals surface area (Å²) in [5.74, 6) is -3.52. The van der Waals surface area contributed by atoms with Crippen molar-refractivity contribution >= 4 is 46.8 Å². The molecular weight excluding hydrogens is 512 g/mol. The maximum absolute atomic E-state index is 14.0. The molecule has 0 aromatic heterocycles. The first-order valence-electron chi connectivity index (χ1n) is 11.7. The molecule has 6 rings (SSSR count). The zero-order valence-electron chi connectivity index (χ0n) is 19.9. The van der Waals surface area contributed by atoms with Crippen molar-refractivity contribution in [3.8, 4) is 5.75 Å². The minimum Gasteiger partial charge on any atom is -0.495 e. The van der Waals surface area contributed by atoms with Gasteiger partial charge < -0.3 is 4.74 Å². The van der Waals surface area contributed by atoms with E-state index in [0.29, 0.717) is 10.6 Å². The van der Waals surface area contributed by atoms with Crippen LogP contribution in [0.2, 0.25) is 5.02 Å². The number of hydrazone groups is 1. The number of ketones is 1. The minimum atomic E-state index is -1.08. The van der Waals surface area contributed by atoms with Crippen LogP contribution in [0.1, 0.15) is 27.5 Å². The van der Waals surface area contributed by atoms with Gasteiger partial charge in [-0.2, -0.15) is 5.10 Å². The quantitative estimate of drug-likeness (QED) is 0.211. The molecule has 0 saturated carbocycles. The maximum Gasteiger partial charge on any atom is 0.271 e. The molecule has 0 unspecified atom stereocenters. The number of rotatable bonds is 5. The Bertz CT molecular complexity index is 1560. The highest BCUT2D eigenvalue weighted by Crippen LogP contribution is 2.54. The topological polar surface area (TPSA) is 122 Å². The molecule has 38 heavy (non-hydrogen) atoms. The fourth-order valence-electron chi connectivity index (χ4n) is 5.66. The fourth-order valence-corrected chi connectivity index (χ4v) is 5.78. The highest BCUT2D eigenvalue weighted by atomic mass is 35.5. The van der Waals surface area contributed by atoms with Gasteiger partial charge in [-0.25, -0.2) is 4.90 Å². The number of imide groups is 1. The van der Waals surface area contributed by atoms with Gasteiger partial charge in [0.2, 0.25) is 11.8 Å². The molecule has 0 spiro atoms. The second-order valence-corrected chi connectivity index (χ2v) is 9.63. The average molecular weight is 531 g/mol. The number of carbonyl (C=O) groups excluding carboxylic acids is 3. The molecule has 2 saturated heterocycles. The molecule has 11 heteroatoms. The van der Waals surface area contributed by atoms with Crippen LogP contribution in [0.15, 0.2) is 71.8 Å². The summed E-state index contributed by atoms with van der Waals surface area (Å²) < 4.78 is 5.35. The van der Waals surface area contributed by atoms with Gasteiger partial charge in [-0.05, 0) is 41.5 Å². The molecule has 0 N–H and O–H groups in total. The molecule has 3 heterocycles. The third-order valence-corrected chi connectivity index (χ3v) is 7.56. The van der Waals surface area contributed by atoms with Gasteiger partial charge in [0.25, 0.3) is 5.69 Å². The summed E-state index contributed by atoms with van der Waals surface area (Å²) in [6.45, 7) is 0. The normalized spacial score (nSPS) is 23.2. The van der Waals surface area contributed by atoms with E-state index in [-0.39, 0.29) is 22.9 Å². The molecule has 0 bridgehead atoms. The van der Waals surface area contributed by atoms with Gasteiger partial charge >= 0.3 is 0 Å². The predicted octanol–water partition coefficient (Wildman–Crippen LogP) is 4.02. The molecule has 2 amide bonds. The van der Waals surface area contributed by atoms with Gasteiger partial charge in [0.1, 0.15) is 17.5 Å². The van der Waals surface area contributed by atoms with E-state index >= 15 is 0 Å². The van der Waals surface area contributed by atoms with E-state index in [1.807, 2.05) is 24.3 Å². The van der Waals surface area contributed by atoms with E-state index in [1.165, 1.54) is 19.2 Å². The number of nitro benzene ring substituents is 1. The summed E-state index contributed by atoms with van der Waals surface area (Å²) in [6, 6.07) is 15.6. The number of hydrogen-bond acceptors (Lipinski definition) is 8. The second kappa shape index (κ2) is 8.77. The van der Waals surface area contributed by atoms with E-state index in [1.54, 1.807) is 35.5 Å². The Labute approximate surface area is 221 Å². The Morgan fingerprint density at radius 2 is 1.74 bits per heavy atom. The lowest BCUT2D eigenvalue weighted by atomic mass is 9.83. The van der Waals surface area contributed by atoms with Crippen molar-refractivity contribution in [3.63, 3.8) is 0 Å². The van der Waals surface area contributed by atoms with E-state index in [4.69, 9.17) is 16.3 Å². The monoisotopic (exact) mass is 530 g/mol. The summed E-state index contributed by atoms with van der Waals surface area (Å²) in [5, 5.41) is 18.0. The van der Waals surface area contributed by atoms with E-state index in [9.17, 15) is 24.5 Å². The van der Waals surface area contributed by atoms with Gasteiger partial charge in [-0.1, -0.05) is 35.9 Å². The molecule has 190 valence electrons. The number of anilines is 1. The first-order chi connectivity index (χ1) is 18.3. The van der Waals surface area contributed by atoms with Crippen LogP contribution in [-0.4, -0.2) is 46.9 Å². The summed E-state index contributed by atoms with van der Waals surface area (Å²) in [6.07, 6.45) is 1.62. The second-order valence-electron chi connectivity index (χ2n) is 9.19. The van der Waals surface area contributed by atoms with Crippen molar-refractivity contribution in [2.45, 2.75) is 12.1 Å². The van der Waals surface area contributed by atoms with Gasteiger partial charge in [0, 0.05) is 22.7 Å². The first-order valence-corrected chi connectivity index (χ1v) is 12.1. The van der Waals surface area contributed by atoms with Crippen LogP contribution >= 0.6 is 11.6 Å². The minimum absolute atomic E-state index is 0.0389. The third kappa shape index (κ3) is 3.41. The lowest BCUT2D eigenvalue weighted by molar-refractivity contribution is -0.384. The number of halogens is 1. The van der Waals surface area contributed by atoms with Gasteiger partial charge in [0.05, 0.1) is 36.1 Å². The van der Waals surface area contributed by atoms with Crippen LogP contribution in [0.4, 0.5) is 11.4 Å². The molecule has 3 aliphatic heterocycles. The maximum atomic E-state index is 14.0. The number of fused-ring (bicyclic) bond motifs is 5. The molecule has 3 aliphatic rings. The summed E-state index contributed by atoms with van der Waals surface area (Å²) in [4.78, 5) is 53.7. The summed E-state index contributed by atoms with van der Waals surface area (Å²) in [5.41, 5.74) is 1.51. The molecular formula is C27H19ClN4O6. The van der Waals surface area contributed by atoms with Crippen LogP contribution in [0, 0.1) is 22.0 Å². The highest BCUT2D eigenvalue weighted by molar-refractivity contribution is 6.30. The van der Waals surface area contributed by atoms with Crippen LogP contribution in [0.3, 0.4) is 0 Å². The van der Waals surface area contributed by atoms with Crippen molar-refractivity contribution in [3.05, 3.63) is 98.6 Å². The van der Waals surface area contributed by atoms with Crippen LogP contribution < -0.4 is 9.64 Å². The molecule has 4 atom stereocenters. The van der Waals surface area contributed by atoms with Crippen molar-refractivity contribution in [1.82, 2.24) is 5.01 Å². The third-order valence-electron chi connectivity index (χ3n) is 7.30. The summed E-state index contributed by atoms with van der Waals surface area (Å²) in [7, 11) is 1.34.